The zero-order valence-electron chi connectivity index (χ0n) is 26.0. The van der Waals surface area contributed by atoms with E-state index in [1.807, 2.05) is 12.1 Å². The van der Waals surface area contributed by atoms with Crippen LogP contribution >= 0.6 is 0 Å². The van der Waals surface area contributed by atoms with Gasteiger partial charge in [0.2, 0.25) is 0 Å². The van der Waals surface area contributed by atoms with Crippen molar-refractivity contribution in [2.45, 2.75) is 26.2 Å². The summed E-state index contributed by atoms with van der Waals surface area (Å²) in [6.07, 6.45) is 0. The lowest BCUT2D eigenvalue weighted by molar-refractivity contribution is 0.590. The van der Waals surface area contributed by atoms with Crippen molar-refractivity contribution in [1.29, 1.82) is 0 Å². The van der Waals surface area contributed by atoms with Crippen LogP contribution in [0.2, 0.25) is 0 Å². The minimum atomic E-state index is 0.119. The van der Waals surface area contributed by atoms with Crippen LogP contribution in [-0.4, -0.2) is 14.6 Å². The predicted octanol–water partition coefficient (Wildman–Crippen LogP) is 11.2. The van der Waals surface area contributed by atoms with E-state index in [0.717, 1.165) is 61.0 Å². The van der Waals surface area contributed by atoms with Crippen molar-refractivity contribution in [3.63, 3.8) is 0 Å². The van der Waals surface area contributed by atoms with Crippen LogP contribution in [0.4, 0.5) is 0 Å². The van der Waals surface area contributed by atoms with E-state index in [9.17, 15) is 0 Å². The van der Waals surface area contributed by atoms with E-state index < -0.39 is 0 Å². The highest BCUT2D eigenvalue weighted by molar-refractivity contribution is 6.13. The quantitative estimate of drug-likeness (QED) is 0.191. The van der Waals surface area contributed by atoms with Crippen LogP contribution in [0.25, 0.3) is 82.9 Å². The Labute approximate surface area is 266 Å². The molecule has 0 spiro atoms. The standard InChI is InChI=1S/C42H31N3O/c1-42(2,3)30-22-19-26(20-23-30)29-21-24-37-36(25-29)32-9-4-5-11-35(32)41-44-43-40(45(37)41)28-17-15-27(16-18-28)31-12-8-13-34-33-10-6-7-14-38(33)46-39(31)34/h4-25H,1-3H3. The lowest BCUT2D eigenvalue weighted by Crippen LogP contribution is -2.10. The Kier molecular flexibility index (Phi) is 5.72. The molecule has 0 aliphatic carbocycles. The molecule has 0 amide bonds. The van der Waals surface area contributed by atoms with Crippen LogP contribution in [0, 0.1) is 0 Å². The number of hydrogen-bond donors (Lipinski definition) is 0. The number of furan rings is 1. The highest BCUT2D eigenvalue weighted by Gasteiger charge is 2.18. The van der Waals surface area contributed by atoms with Gasteiger partial charge in [0.1, 0.15) is 11.2 Å². The molecule has 4 heteroatoms. The number of rotatable bonds is 3. The van der Waals surface area contributed by atoms with Crippen LogP contribution in [-0.2, 0) is 5.41 Å². The molecule has 0 N–H and O–H groups in total. The summed E-state index contributed by atoms with van der Waals surface area (Å²) in [7, 11) is 0. The second kappa shape index (κ2) is 9.88. The molecule has 0 atom stereocenters. The summed E-state index contributed by atoms with van der Waals surface area (Å²) in [6, 6.07) is 47.4. The van der Waals surface area contributed by atoms with Gasteiger partial charge in [-0.2, -0.15) is 0 Å². The summed E-state index contributed by atoms with van der Waals surface area (Å²) < 4.78 is 8.53. The number of hydrogen-bond acceptors (Lipinski definition) is 3. The van der Waals surface area contributed by atoms with Gasteiger partial charge in [-0.25, -0.2) is 0 Å². The Morgan fingerprint density at radius 2 is 1.17 bits per heavy atom. The van der Waals surface area contributed by atoms with Crippen LogP contribution in [0.1, 0.15) is 26.3 Å². The van der Waals surface area contributed by atoms with Gasteiger partial charge in [-0.05, 0) is 51.3 Å². The van der Waals surface area contributed by atoms with Gasteiger partial charge in [0.25, 0.3) is 0 Å². The first-order valence-electron chi connectivity index (χ1n) is 15.8. The summed E-state index contributed by atoms with van der Waals surface area (Å²) in [4.78, 5) is 0. The van der Waals surface area contributed by atoms with Gasteiger partial charge in [-0.3, -0.25) is 4.40 Å². The zero-order valence-corrected chi connectivity index (χ0v) is 26.0. The fraction of sp³-hybridized carbons (Fsp3) is 0.0952. The maximum atomic E-state index is 6.32. The fourth-order valence-corrected chi connectivity index (χ4v) is 6.85. The van der Waals surface area contributed by atoms with Crippen molar-refractivity contribution in [2.24, 2.45) is 0 Å². The molecule has 3 aromatic heterocycles. The monoisotopic (exact) mass is 593 g/mol. The third-order valence-electron chi connectivity index (χ3n) is 9.30. The van der Waals surface area contributed by atoms with Gasteiger partial charge in [0.05, 0.1) is 5.52 Å². The largest absolute Gasteiger partial charge is 0.455 e. The predicted molar refractivity (Wildman–Crippen MR) is 190 cm³/mol. The molecular weight excluding hydrogens is 562 g/mol. The van der Waals surface area contributed by atoms with Crippen molar-refractivity contribution in [3.05, 3.63) is 139 Å². The SMILES string of the molecule is CC(C)(C)c1ccc(-c2ccc3c(c2)c2ccccc2c2nnc(-c4ccc(-c5cccc6c5oc5ccccc56)cc4)n32)cc1. The number of fused-ring (bicyclic) bond motifs is 9. The minimum absolute atomic E-state index is 0.119. The van der Waals surface area contributed by atoms with Crippen LogP contribution in [0.5, 0.6) is 0 Å². The Bertz CT molecular complexity index is 2600. The van der Waals surface area contributed by atoms with Crippen molar-refractivity contribution < 1.29 is 4.42 Å². The molecule has 9 rings (SSSR count). The first-order chi connectivity index (χ1) is 22.4. The maximum absolute atomic E-state index is 6.32. The number of aromatic nitrogens is 3. The summed E-state index contributed by atoms with van der Waals surface area (Å²) in [5.41, 5.74) is 10.8. The summed E-state index contributed by atoms with van der Waals surface area (Å²) in [5, 5.41) is 15.2. The topological polar surface area (TPSA) is 43.3 Å². The third kappa shape index (κ3) is 4.07. The molecule has 4 nitrogen and oxygen atoms in total. The molecule has 3 heterocycles. The molecule has 6 aromatic carbocycles. The summed E-state index contributed by atoms with van der Waals surface area (Å²) in [6.45, 7) is 6.75. The van der Waals surface area contributed by atoms with Gasteiger partial charge in [0.15, 0.2) is 11.5 Å². The molecular formula is C42H31N3O. The molecule has 0 aliphatic rings. The van der Waals surface area contributed by atoms with Crippen molar-refractivity contribution in [1.82, 2.24) is 14.6 Å². The van der Waals surface area contributed by atoms with Gasteiger partial charge in [-0.1, -0.05) is 136 Å². The van der Waals surface area contributed by atoms with E-state index in [1.165, 1.54) is 27.5 Å². The molecule has 0 saturated heterocycles. The first-order valence-corrected chi connectivity index (χ1v) is 15.8. The van der Waals surface area contributed by atoms with E-state index in [4.69, 9.17) is 14.6 Å². The number of para-hydroxylation sites is 2. The molecule has 220 valence electrons. The Hall–Kier alpha value is -5.74. The first kappa shape index (κ1) is 26.6. The van der Waals surface area contributed by atoms with Crippen LogP contribution in [0.3, 0.4) is 0 Å². The summed E-state index contributed by atoms with van der Waals surface area (Å²) >= 11 is 0. The van der Waals surface area contributed by atoms with Crippen molar-refractivity contribution >= 4 is 49.3 Å². The fourth-order valence-electron chi connectivity index (χ4n) is 6.85. The van der Waals surface area contributed by atoms with E-state index in [0.29, 0.717) is 0 Å². The van der Waals surface area contributed by atoms with E-state index in [1.54, 1.807) is 0 Å². The molecule has 0 aliphatic heterocycles. The van der Waals surface area contributed by atoms with Gasteiger partial charge >= 0.3 is 0 Å². The highest BCUT2D eigenvalue weighted by Crippen LogP contribution is 2.38. The average molecular weight is 594 g/mol. The Morgan fingerprint density at radius 3 is 1.96 bits per heavy atom. The maximum Gasteiger partial charge on any atom is 0.169 e. The number of pyridine rings is 1. The van der Waals surface area contributed by atoms with Gasteiger partial charge < -0.3 is 4.42 Å². The Morgan fingerprint density at radius 1 is 0.522 bits per heavy atom. The number of benzene rings is 6. The molecule has 0 fully saturated rings. The summed E-state index contributed by atoms with van der Waals surface area (Å²) in [5.74, 6) is 0.821. The third-order valence-corrected chi connectivity index (χ3v) is 9.30. The second-order valence-corrected chi connectivity index (χ2v) is 13.1. The zero-order chi connectivity index (χ0) is 31.0. The number of nitrogens with zero attached hydrogens (tertiary/aromatic N) is 3. The van der Waals surface area contributed by atoms with Gasteiger partial charge in [0, 0.05) is 32.7 Å². The molecule has 9 aromatic rings. The van der Waals surface area contributed by atoms with Crippen molar-refractivity contribution in [2.75, 3.05) is 0 Å². The molecule has 46 heavy (non-hydrogen) atoms. The molecule has 0 bridgehead atoms. The van der Waals surface area contributed by atoms with E-state index in [2.05, 4.69) is 146 Å². The lowest BCUT2D eigenvalue weighted by atomic mass is 9.86. The normalized spacial score (nSPS) is 12.2. The van der Waals surface area contributed by atoms with Crippen molar-refractivity contribution in [3.8, 4) is 33.6 Å². The Balaban J connectivity index is 1.19. The van der Waals surface area contributed by atoms with E-state index >= 15 is 0 Å². The van der Waals surface area contributed by atoms with Gasteiger partial charge in [-0.15, -0.1) is 10.2 Å². The lowest BCUT2D eigenvalue weighted by Gasteiger charge is -2.19. The second-order valence-electron chi connectivity index (χ2n) is 13.1. The van der Waals surface area contributed by atoms with Crippen LogP contribution < -0.4 is 0 Å². The molecule has 0 saturated carbocycles. The molecule has 0 unspecified atom stereocenters. The highest BCUT2D eigenvalue weighted by atomic mass is 16.3. The van der Waals surface area contributed by atoms with E-state index in [-0.39, 0.29) is 5.41 Å². The molecule has 0 radical (unpaired) electrons. The van der Waals surface area contributed by atoms with Crippen LogP contribution in [0.15, 0.2) is 138 Å². The smallest absolute Gasteiger partial charge is 0.169 e. The minimum Gasteiger partial charge on any atom is -0.455 e. The average Bonchev–Trinajstić information content (AvgIpc) is 3.71.